The maximum Gasteiger partial charge on any atom is 0.303 e. The van der Waals surface area contributed by atoms with Gasteiger partial charge in [-0.05, 0) is 27.9 Å². The summed E-state index contributed by atoms with van der Waals surface area (Å²) < 4.78 is 26.6. The van der Waals surface area contributed by atoms with Gasteiger partial charge in [0.2, 0.25) is 5.91 Å². The Hall–Kier alpha value is -1.50. The van der Waals surface area contributed by atoms with E-state index in [1.165, 1.54) is 0 Å². The molecule has 1 aromatic carbocycles. The first kappa shape index (κ1) is 15.6. The van der Waals surface area contributed by atoms with Crippen molar-refractivity contribution in [3.05, 3.63) is 28.2 Å². The molecule has 0 bridgehead atoms. The molecule has 1 aromatic rings. The second kappa shape index (κ2) is 6.60. The highest BCUT2D eigenvalue weighted by Gasteiger charge is 2.15. The Balaban J connectivity index is 2.67. The summed E-state index contributed by atoms with van der Waals surface area (Å²) in [4.78, 5) is 22.0. The minimum absolute atomic E-state index is 0.0396. The van der Waals surface area contributed by atoms with Crippen LogP contribution in [0.4, 0.5) is 14.5 Å². The van der Waals surface area contributed by atoms with Gasteiger partial charge >= 0.3 is 5.97 Å². The Labute approximate surface area is 116 Å². The second-order valence-electron chi connectivity index (χ2n) is 4.20. The third-order valence-electron chi connectivity index (χ3n) is 2.34. The van der Waals surface area contributed by atoms with Crippen molar-refractivity contribution in [2.24, 2.45) is 5.92 Å². The number of anilines is 1. The third-order valence-corrected chi connectivity index (χ3v) is 2.95. The predicted molar refractivity (Wildman–Crippen MR) is 68.7 cm³/mol. The Morgan fingerprint density at radius 1 is 1.32 bits per heavy atom. The van der Waals surface area contributed by atoms with Crippen LogP contribution in [0.3, 0.4) is 0 Å². The van der Waals surface area contributed by atoms with Crippen LogP contribution >= 0.6 is 15.9 Å². The first-order chi connectivity index (χ1) is 8.79. The molecule has 0 saturated carbocycles. The van der Waals surface area contributed by atoms with Crippen molar-refractivity contribution >= 4 is 33.5 Å². The average Bonchev–Trinajstić information content (AvgIpc) is 2.24. The lowest BCUT2D eigenvalue weighted by Gasteiger charge is -2.10. The summed E-state index contributed by atoms with van der Waals surface area (Å²) in [5, 5.41) is 10.8. The van der Waals surface area contributed by atoms with E-state index in [0.717, 1.165) is 12.1 Å². The van der Waals surface area contributed by atoms with Gasteiger partial charge in [-0.1, -0.05) is 6.92 Å². The Morgan fingerprint density at radius 2 is 1.95 bits per heavy atom. The van der Waals surface area contributed by atoms with E-state index in [0.29, 0.717) is 0 Å². The topological polar surface area (TPSA) is 66.4 Å². The zero-order chi connectivity index (χ0) is 14.6. The van der Waals surface area contributed by atoms with Gasteiger partial charge in [0, 0.05) is 18.9 Å². The van der Waals surface area contributed by atoms with E-state index in [2.05, 4.69) is 21.2 Å². The molecule has 2 N–H and O–H groups in total. The van der Waals surface area contributed by atoms with Gasteiger partial charge in [0.05, 0.1) is 10.2 Å². The molecule has 1 amide bonds. The fraction of sp³-hybridized carbons (Fsp3) is 0.333. The number of amides is 1. The van der Waals surface area contributed by atoms with E-state index >= 15 is 0 Å². The highest BCUT2D eigenvalue weighted by atomic mass is 79.9. The molecule has 0 spiro atoms. The lowest BCUT2D eigenvalue weighted by atomic mass is 10.0. The highest BCUT2D eigenvalue weighted by molar-refractivity contribution is 9.10. The summed E-state index contributed by atoms with van der Waals surface area (Å²) in [5.74, 6) is -3.43. The van der Waals surface area contributed by atoms with Crippen molar-refractivity contribution in [1.82, 2.24) is 0 Å². The Kier molecular flexibility index (Phi) is 5.41. The van der Waals surface area contributed by atoms with Crippen LogP contribution in [-0.4, -0.2) is 17.0 Å². The van der Waals surface area contributed by atoms with E-state index in [1.807, 2.05) is 0 Å². The van der Waals surface area contributed by atoms with Gasteiger partial charge in [-0.25, -0.2) is 8.78 Å². The first-order valence-corrected chi connectivity index (χ1v) is 6.25. The maximum absolute atomic E-state index is 13.4. The molecule has 0 heterocycles. The number of aliphatic carboxylic acids is 1. The molecular formula is C12H12BrF2NO3. The largest absolute Gasteiger partial charge is 0.481 e. The lowest BCUT2D eigenvalue weighted by Crippen LogP contribution is -2.17. The van der Waals surface area contributed by atoms with Gasteiger partial charge in [0.1, 0.15) is 11.6 Å². The number of hydrogen-bond donors (Lipinski definition) is 2. The molecule has 1 rings (SSSR count). The van der Waals surface area contributed by atoms with Crippen molar-refractivity contribution in [2.45, 2.75) is 19.8 Å². The lowest BCUT2D eigenvalue weighted by molar-refractivity contribution is -0.138. The summed E-state index contributed by atoms with van der Waals surface area (Å²) in [6, 6.07) is 1.77. The molecular weight excluding hydrogens is 324 g/mol. The molecule has 104 valence electrons. The molecule has 0 saturated heterocycles. The van der Waals surface area contributed by atoms with Crippen LogP contribution in [0.5, 0.6) is 0 Å². The van der Waals surface area contributed by atoms with Gasteiger partial charge in [0.25, 0.3) is 0 Å². The van der Waals surface area contributed by atoms with Gasteiger partial charge in [-0.2, -0.15) is 0 Å². The molecule has 0 fully saturated rings. The Morgan fingerprint density at radius 3 is 2.53 bits per heavy atom. The second-order valence-corrected chi connectivity index (χ2v) is 5.06. The fourth-order valence-electron chi connectivity index (χ4n) is 1.51. The van der Waals surface area contributed by atoms with Crippen molar-refractivity contribution < 1.29 is 23.5 Å². The molecule has 1 unspecified atom stereocenters. The van der Waals surface area contributed by atoms with Crippen molar-refractivity contribution in [2.75, 3.05) is 5.32 Å². The van der Waals surface area contributed by atoms with Gasteiger partial charge < -0.3 is 10.4 Å². The van der Waals surface area contributed by atoms with Gasteiger partial charge in [0.15, 0.2) is 0 Å². The number of carbonyl (C=O) groups is 2. The molecule has 0 aromatic heterocycles. The van der Waals surface area contributed by atoms with E-state index in [4.69, 9.17) is 5.11 Å². The molecule has 0 aliphatic carbocycles. The van der Waals surface area contributed by atoms with E-state index in [1.54, 1.807) is 6.92 Å². The van der Waals surface area contributed by atoms with Crippen LogP contribution in [0, 0.1) is 17.6 Å². The number of halogens is 3. The van der Waals surface area contributed by atoms with E-state index in [-0.39, 0.29) is 28.9 Å². The third kappa shape index (κ3) is 4.94. The summed E-state index contributed by atoms with van der Waals surface area (Å²) in [6.07, 6.45) is -0.242. The normalized spacial score (nSPS) is 12.0. The molecule has 0 aliphatic heterocycles. The zero-order valence-corrected chi connectivity index (χ0v) is 11.6. The summed E-state index contributed by atoms with van der Waals surface area (Å²) in [5.41, 5.74) is -0.270. The molecule has 19 heavy (non-hydrogen) atoms. The van der Waals surface area contributed by atoms with Crippen LogP contribution in [0.25, 0.3) is 0 Å². The number of carbonyl (C=O) groups excluding carboxylic acids is 1. The minimum atomic E-state index is -1.01. The number of carboxylic acid groups (broad SMARTS) is 1. The average molecular weight is 336 g/mol. The fourth-order valence-corrected chi connectivity index (χ4v) is 1.82. The molecule has 7 heteroatoms. The number of benzene rings is 1. The summed E-state index contributed by atoms with van der Waals surface area (Å²) >= 11 is 2.82. The number of hydrogen-bond acceptors (Lipinski definition) is 2. The summed E-state index contributed by atoms with van der Waals surface area (Å²) in [7, 11) is 0. The van der Waals surface area contributed by atoms with Crippen molar-refractivity contribution in [1.29, 1.82) is 0 Å². The minimum Gasteiger partial charge on any atom is -0.481 e. The predicted octanol–water partition coefficient (Wildman–Crippen LogP) is 3.17. The smallest absolute Gasteiger partial charge is 0.303 e. The molecule has 4 nitrogen and oxygen atoms in total. The SMILES string of the molecule is CC(CC(=O)O)CC(=O)Nc1cc(F)c(Br)cc1F. The molecule has 0 radical (unpaired) electrons. The molecule has 1 atom stereocenters. The summed E-state index contributed by atoms with van der Waals surface area (Å²) in [6.45, 7) is 1.59. The van der Waals surface area contributed by atoms with E-state index in [9.17, 15) is 18.4 Å². The van der Waals surface area contributed by atoms with Crippen molar-refractivity contribution in [3.63, 3.8) is 0 Å². The van der Waals surface area contributed by atoms with Crippen LogP contribution < -0.4 is 5.32 Å². The first-order valence-electron chi connectivity index (χ1n) is 5.45. The maximum atomic E-state index is 13.4. The van der Waals surface area contributed by atoms with E-state index < -0.39 is 23.5 Å². The zero-order valence-electron chi connectivity index (χ0n) is 10.0. The quantitative estimate of drug-likeness (QED) is 0.812. The van der Waals surface area contributed by atoms with Crippen LogP contribution in [0.15, 0.2) is 16.6 Å². The standard InChI is InChI=1S/C12H12BrF2NO3/c1-6(3-12(18)19)2-11(17)16-10-5-8(14)7(13)4-9(10)15/h4-6H,2-3H2,1H3,(H,16,17)(H,18,19). The van der Waals surface area contributed by atoms with Crippen LogP contribution in [-0.2, 0) is 9.59 Å². The Bertz CT molecular complexity index is 508. The van der Waals surface area contributed by atoms with Gasteiger partial charge in [-0.3, -0.25) is 9.59 Å². The highest BCUT2D eigenvalue weighted by Crippen LogP contribution is 2.23. The number of rotatable bonds is 5. The number of carboxylic acids is 1. The van der Waals surface area contributed by atoms with Crippen LogP contribution in [0.1, 0.15) is 19.8 Å². The monoisotopic (exact) mass is 335 g/mol. The van der Waals surface area contributed by atoms with Crippen molar-refractivity contribution in [3.8, 4) is 0 Å². The number of nitrogens with one attached hydrogen (secondary N) is 1. The van der Waals surface area contributed by atoms with Crippen LogP contribution in [0.2, 0.25) is 0 Å². The molecule has 0 aliphatic rings. The van der Waals surface area contributed by atoms with Gasteiger partial charge in [-0.15, -0.1) is 0 Å².